The van der Waals surface area contributed by atoms with Crippen LogP contribution in [0.2, 0.25) is 0 Å². The van der Waals surface area contributed by atoms with E-state index in [-0.39, 0.29) is 11.7 Å². The van der Waals surface area contributed by atoms with E-state index in [9.17, 15) is 9.59 Å². The molecule has 3 aromatic heterocycles. The molecule has 166 valence electrons. The number of carbonyl (C=O) groups excluding carboxylic acids is 2. The van der Waals surface area contributed by atoms with Crippen molar-refractivity contribution in [1.82, 2.24) is 14.8 Å². The SMILES string of the molecule is CCCn1c(SCC(=O)Nc2sc(C)c(C)c2C(=O)OC)nnc1-c1csc(C)c1C. The molecule has 0 aromatic carbocycles. The topological polar surface area (TPSA) is 86.1 Å². The number of hydrogen-bond donors (Lipinski definition) is 1. The summed E-state index contributed by atoms with van der Waals surface area (Å²) in [6, 6.07) is 0. The molecule has 3 aromatic rings. The molecule has 0 aliphatic heterocycles. The molecule has 0 saturated carbocycles. The van der Waals surface area contributed by atoms with Crippen molar-refractivity contribution < 1.29 is 14.3 Å². The van der Waals surface area contributed by atoms with Gasteiger partial charge in [-0.25, -0.2) is 4.79 Å². The van der Waals surface area contributed by atoms with Gasteiger partial charge < -0.3 is 14.6 Å². The number of amides is 1. The zero-order chi connectivity index (χ0) is 22.7. The Morgan fingerprint density at radius 1 is 1.16 bits per heavy atom. The summed E-state index contributed by atoms with van der Waals surface area (Å²) in [4.78, 5) is 27.0. The summed E-state index contributed by atoms with van der Waals surface area (Å²) in [5, 5.41) is 15.0. The van der Waals surface area contributed by atoms with Crippen LogP contribution in [0.5, 0.6) is 0 Å². The smallest absolute Gasteiger partial charge is 0.341 e. The molecule has 3 heterocycles. The van der Waals surface area contributed by atoms with E-state index in [4.69, 9.17) is 4.74 Å². The van der Waals surface area contributed by atoms with E-state index < -0.39 is 5.97 Å². The lowest BCUT2D eigenvalue weighted by Crippen LogP contribution is -2.16. The second-order valence-corrected chi connectivity index (χ2v) is 10.4. The molecule has 1 amide bonds. The number of ether oxygens (including phenoxy) is 1. The number of nitrogens with one attached hydrogen (secondary N) is 1. The van der Waals surface area contributed by atoms with E-state index >= 15 is 0 Å². The quantitative estimate of drug-likeness (QED) is 0.352. The van der Waals surface area contributed by atoms with Crippen molar-refractivity contribution in [3.8, 4) is 11.4 Å². The third kappa shape index (κ3) is 4.86. The highest BCUT2D eigenvalue weighted by Gasteiger charge is 2.22. The van der Waals surface area contributed by atoms with Gasteiger partial charge in [0, 0.05) is 27.2 Å². The van der Waals surface area contributed by atoms with Crippen molar-refractivity contribution in [2.24, 2.45) is 0 Å². The number of carbonyl (C=O) groups is 2. The zero-order valence-electron chi connectivity index (χ0n) is 18.5. The lowest BCUT2D eigenvalue weighted by Gasteiger charge is -2.09. The minimum Gasteiger partial charge on any atom is -0.465 e. The van der Waals surface area contributed by atoms with Crippen LogP contribution in [-0.2, 0) is 16.1 Å². The number of esters is 1. The Bertz CT molecular complexity index is 1110. The molecular formula is C21H26N4O3S3. The number of hydrogen-bond acceptors (Lipinski definition) is 8. The van der Waals surface area contributed by atoms with Crippen LogP contribution in [0.1, 0.15) is 44.6 Å². The fraction of sp³-hybridized carbons (Fsp3) is 0.429. The highest BCUT2D eigenvalue weighted by molar-refractivity contribution is 7.99. The molecule has 0 spiro atoms. The molecule has 0 fully saturated rings. The van der Waals surface area contributed by atoms with Crippen molar-refractivity contribution in [1.29, 1.82) is 0 Å². The van der Waals surface area contributed by atoms with Gasteiger partial charge >= 0.3 is 5.97 Å². The van der Waals surface area contributed by atoms with Crippen LogP contribution in [-0.4, -0.2) is 39.5 Å². The Morgan fingerprint density at radius 2 is 1.90 bits per heavy atom. The van der Waals surface area contributed by atoms with Crippen molar-refractivity contribution in [2.75, 3.05) is 18.2 Å². The molecule has 0 unspecified atom stereocenters. The summed E-state index contributed by atoms with van der Waals surface area (Å²) in [7, 11) is 1.34. The maximum absolute atomic E-state index is 12.6. The summed E-state index contributed by atoms with van der Waals surface area (Å²) < 4.78 is 6.95. The normalized spacial score (nSPS) is 11.0. The standard InChI is InChI=1S/C21H26N4O3S3/c1-7-8-25-18(15-9-29-13(4)11(15)2)23-24-21(25)30-10-16(26)22-19-17(20(27)28-6)12(3)14(5)31-19/h9H,7-8,10H2,1-6H3,(H,22,26). The van der Waals surface area contributed by atoms with E-state index in [0.29, 0.717) is 15.7 Å². The second kappa shape index (κ2) is 9.97. The fourth-order valence-electron chi connectivity index (χ4n) is 3.11. The number of methoxy groups -OCH3 is 1. The van der Waals surface area contributed by atoms with E-state index in [2.05, 4.69) is 46.2 Å². The van der Waals surface area contributed by atoms with Gasteiger partial charge in [0.15, 0.2) is 11.0 Å². The molecule has 0 saturated heterocycles. The summed E-state index contributed by atoms with van der Waals surface area (Å²) >= 11 is 4.42. The van der Waals surface area contributed by atoms with Crippen molar-refractivity contribution in [3.63, 3.8) is 0 Å². The van der Waals surface area contributed by atoms with E-state index in [1.807, 2.05) is 13.8 Å². The van der Waals surface area contributed by atoms with Crippen molar-refractivity contribution in [3.05, 3.63) is 31.8 Å². The van der Waals surface area contributed by atoms with E-state index in [1.165, 1.54) is 40.6 Å². The third-order valence-corrected chi connectivity index (χ3v) is 8.15. The second-order valence-electron chi connectivity index (χ2n) is 7.10. The van der Waals surface area contributed by atoms with Gasteiger partial charge in [0.05, 0.1) is 18.4 Å². The van der Waals surface area contributed by atoms with E-state index in [0.717, 1.165) is 34.8 Å². The minimum absolute atomic E-state index is 0.167. The Kier molecular flexibility index (Phi) is 7.55. The van der Waals surface area contributed by atoms with Crippen LogP contribution in [0.25, 0.3) is 11.4 Å². The van der Waals surface area contributed by atoms with Crippen LogP contribution in [0.15, 0.2) is 10.5 Å². The van der Waals surface area contributed by atoms with Crippen LogP contribution >= 0.6 is 34.4 Å². The summed E-state index contributed by atoms with van der Waals surface area (Å²) in [5.74, 6) is 0.356. The monoisotopic (exact) mass is 478 g/mol. The molecule has 0 aliphatic rings. The number of nitrogens with zero attached hydrogens (tertiary/aromatic N) is 3. The van der Waals surface area contributed by atoms with Crippen LogP contribution < -0.4 is 5.32 Å². The number of thioether (sulfide) groups is 1. The van der Waals surface area contributed by atoms with Crippen LogP contribution in [0.3, 0.4) is 0 Å². The van der Waals surface area contributed by atoms with Gasteiger partial charge in [-0.3, -0.25) is 4.79 Å². The Morgan fingerprint density at radius 3 is 2.52 bits per heavy atom. The molecule has 0 aliphatic carbocycles. The molecule has 0 radical (unpaired) electrons. The molecule has 31 heavy (non-hydrogen) atoms. The molecule has 3 rings (SSSR count). The molecule has 0 bridgehead atoms. The number of rotatable bonds is 8. The first kappa shape index (κ1) is 23.5. The average molecular weight is 479 g/mol. The van der Waals surface area contributed by atoms with Crippen molar-refractivity contribution in [2.45, 2.75) is 52.7 Å². The first-order valence-electron chi connectivity index (χ1n) is 9.87. The Balaban J connectivity index is 1.76. The highest BCUT2D eigenvalue weighted by atomic mass is 32.2. The number of thiophene rings is 2. The van der Waals surface area contributed by atoms with Crippen LogP contribution in [0.4, 0.5) is 5.00 Å². The lowest BCUT2D eigenvalue weighted by molar-refractivity contribution is -0.113. The molecule has 10 heteroatoms. The maximum atomic E-state index is 12.6. The molecular weight excluding hydrogens is 452 g/mol. The fourth-order valence-corrected chi connectivity index (χ4v) is 5.80. The summed E-state index contributed by atoms with van der Waals surface area (Å²) in [6.45, 7) is 10.8. The van der Waals surface area contributed by atoms with Gasteiger partial charge in [0.25, 0.3) is 0 Å². The van der Waals surface area contributed by atoms with Gasteiger partial charge in [-0.2, -0.15) is 0 Å². The molecule has 7 nitrogen and oxygen atoms in total. The average Bonchev–Trinajstić information content (AvgIpc) is 3.37. The summed E-state index contributed by atoms with van der Waals surface area (Å²) in [6.07, 6.45) is 0.934. The molecule has 1 N–H and O–H groups in total. The Hall–Kier alpha value is -2.17. The maximum Gasteiger partial charge on any atom is 0.341 e. The van der Waals surface area contributed by atoms with Gasteiger partial charge in [0.2, 0.25) is 5.91 Å². The highest BCUT2D eigenvalue weighted by Crippen LogP contribution is 2.34. The van der Waals surface area contributed by atoms with Gasteiger partial charge in [-0.1, -0.05) is 18.7 Å². The third-order valence-electron chi connectivity index (χ3n) is 5.05. The van der Waals surface area contributed by atoms with Gasteiger partial charge in [-0.05, 0) is 45.2 Å². The first-order valence-corrected chi connectivity index (χ1v) is 12.6. The van der Waals surface area contributed by atoms with E-state index in [1.54, 1.807) is 11.3 Å². The Labute approximate surface area is 194 Å². The predicted octanol–water partition coefficient (Wildman–Crippen LogP) is 5.23. The summed E-state index contributed by atoms with van der Waals surface area (Å²) in [5.41, 5.74) is 3.55. The number of aryl methyl sites for hydroxylation is 2. The predicted molar refractivity (Wildman–Crippen MR) is 128 cm³/mol. The lowest BCUT2D eigenvalue weighted by atomic mass is 10.1. The minimum atomic E-state index is -0.446. The van der Waals surface area contributed by atoms with Gasteiger partial charge in [0.1, 0.15) is 5.00 Å². The van der Waals surface area contributed by atoms with Crippen molar-refractivity contribution >= 4 is 51.3 Å². The first-order chi connectivity index (χ1) is 14.8. The largest absolute Gasteiger partial charge is 0.465 e. The van der Waals surface area contributed by atoms with Gasteiger partial charge in [-0.15, -0.1) is 32.9 Å². The zero-order valence-corrected chi connectivity index (χ0v) is 20.9. The number of aromatic nitrogens is 3. The molecule has 0 atom stereocenters. The van der Waals surface area contributed by atoms with Crippen LogP contribution in [0, 0.1) is 27.7 Å². The number of anilines is 1.